The van der Waals surface area contributed by atoms with Crippen molar-refractivity contribution < 1.29 is 36.3 Å². The Morgan fingerprint density at radius 2 is 1.58 bits per heavy atom. The number of hydrogen-bond acceptors (Lipinski definition) is 9. The molecule has 55 heavy (non-hydrogen) atoms. The first kappa shape index (κ1) is 40.0. The van der Waals surface area contributed by atoms with Crippen LogP contribution in [0.25, 0.3) is 16.6 Å². The quantitative estimate of drug-likeness (QED) is 0.163. The number of fused-ring (bicyclic) bond motifs is 1. The number of nitrogens with one attached hydrogen (secondary N) is 3. The third kappa shape index (κ3) is 8.95. The lowest BCUT2D eigenvalue weighted by Crippen LogP contribution is -2.44. The zero-order valence-corrected chi connectivity index (χ0v) is 31.5. The number of halogens is 2. The Kier molecular flexibility index (Phi) is 11.4. The van der Waals surface area contributed by atoms with Gasteiger partial charge in [0.15, 0.2) is 0 Å². The molecule has 0 unspecified atom stereocenters. The first-order valence-electron chi connectivity index (χ1n) is 16.9. The lowest BCUT2D eigenvalue weighted by Gasteiger charge is -2.20. The molecule has 0 radical (unpaired) electrons. The van der Waals surface area contributed by atoms with Crippen LogP contribution >= 0.6 is 0 Å². The van der Waals surface area contributed by atoms with Gasteiger partial charge in [-0.25, -0.2) is 31.4 Å². The number of rotatable bonds is 11. The predicted octanol–water partition coefficient (Wildman–Crippen LogP) is 4.44. The van der Waals surface area contributed by atoms with Crippen LogP contribution in [0.15, 0.2) is 93.6 Å². The molecule has 2 aromatic heterocycles. The van der Waals surface area contributed by atoms with Crippen molar-refractivity contribution in [3.63, 3.8) is 0 Å². The van der Waals surface area contributed by atoms with Crippen LogP contribution in [0.4, 0.5) is 20.2 Å². The Hall–Kier alpha value is -6.23. The first-order chi connectivity index (χ1) is 25.8. The number of anilines is 2. The molecule has 0 saturated carbocycles. The molecule has 0 saturated heterocycles. The van der Waals surface area contributed by atoms with E-state index in [-0.39, 0.29) is 28.3 Å². The van der Waals surface area contributed by atoms with Gasteiger partial charge < -0.3 is 15.4 Å². The molecule has 1 atom stereocenters. The van der Waals surface area contributed by atoms with Crippen LogP contribution in [0.5, 0.6) is 0 Å². The molecule has 0 bridgehead atoms. The average molecular weight is 777 g/mol. The molecule has 0 aliphatic rings. The number of carbonyl (C=O) groups is 3. The summed E-state index contributed by atoms with van der Waals surface area (Å²) in [6.45, 7) is 8.28. The number of pyridine rings is 1. The van der Waals surface area contributed by atoms with Gasteiger partial charge in [-0.05, 0) is 67.9 Å². The summed E-state index contributed by atoms with van der Waals surface area (Å²) in [4.78, 5) is 68.5. The van der Waals surface area contributed by atoms with Gasteiger partial charge in [0.05, 0.1) is 45.0 Å². The zero-order valence-electron chi connectivity index (χ0n) is 30.6. The molecule has 288 valence electrons. The number of hydrogen-bond donors (Lipinski definition) is 3. The molecule has 5 rings (SSSR count). The molecule has 0 aliphatic heterocycles. The van der Waals surface area contributed by atoms with Gasteiger partial charge in [0.2, 0.25) is 5.91 Å². The van der Waals surface area contributed by atoms with E-state index in [0.29, 0.717) is 28.9 Å². The molecule has 14 nitrogen and oxygen atoms in total. The molecule has 2 amide bonds. The zero-order chi connectivity index (χ0) is 40.4. The van der Waals surface area contributed by atoms with Gasteiger partial charge in [0.1, 0.15) is 17.7 Å². The van der Waals surface area contributed by atoms with Crippen molar-refractivity contribution in [1.82, 2.24) is 19.4 Å². The summed E-state index contributed by atoms with van der Waals surface area (Å²) >= 11 is 0. The third-order valence-electron chi connectivity index (χ3n) is 8.30. The number of aromatic nitrogens is 3. The number of carbonyl (C=O) groups excluding carboxylic acids is 3. The highest BCUT2D eigenvalue weighted by molar-refractivity contribution is 7.92. The molecular weight excluding hydrogens is 739 g/mol. The minimum Gasteiger partial charge on any atom is -0.461 e. The summed E-state index contributed by atoms with van der Waals surface area (Å²) < 4.78 is 66.1. The summed E-state index contributed by atoms with van der Waals surface area (Å²) in [5.74, 6) is -4.95. The fraction of sp³-hybridized carbons (Fsp3) is 0.263. The Balaban J connectivity index is 1.34. The van der Waals surface area contributed by atoms with Crippen molar-refractivity contribution in [2.24, 2.45) is 12.5 Å². The van der Waals surface area contributed by atoms with Crippen LogP contribution in [-0.4, -0.2) is 52.5 Å². The van der Waals surface area contributed by atoms with E-state index in [1.807, 2.05) is 4.72 Å². The minimum atomic E-state index is -4.44. The molecule has 0 aliphatic carbocycles. The number of nitrogens with zero attached hydrogens (tertiary/aromatic N) is 3. The summed E-state index contributed by atoms with van der Waals surface area (Å²) in [6, 6.07) is 12.1. The number of aryl methyl sites for hydroxylation is 1. The van der Waals surface area contributed by atoms with Crippen LogP contribution in [0, 0.1) is 17.0 Å². The second kappa shape index (κ2) is 15.6. The SMILES string of the molecule is CC(C)OC(=O)[C@H](Cc1ccc(-n2c(=O)c3ccncc3n(C)c2=O)cc1)NC(=O)c1cc(F)c(NS(=O)(=O)c2ccc(NC(=O)C(C)(C)C)cc2)cc1F. The fourth-order valence-electron chi connectivity index (χ4n) is 5.32. The number of sulfonamides is 1. The lowest BCUT2D eigenvalue weighted by molar-refractivity contribution is -0.149. The summed E-state index contributed by atoms with van der Waals surface area (Å²) in [6.07, 6.45) is 2.06. The van der Waals surface area contributed by atoms with Gasteiger partial charge in [0.25, 0.3) is 21.5 Å². The van der Waals surface area contributed by atoms with Crippen LogP contribution in [0.2, 0.25) is 0 Å². The van der Waals surface area contributed by atoms with Crippen molar-refractivity contribution in [3.8, 4) is 5.69 Å². The number of esters is 1. The van der Waals surface area contributed by atoms with E-state index in [1.54, 1.807) is 34.6 Å². The standard InChI is InChI=1S/C38H38F2N6O8S/c1-21(2)54-35(49)31(17-22-7-11-24(12-8-22)46-34(48)26-15-16-41-20-32(26)45(6)37(46)51)43-33(47)27-18-29(40)30(19-28(27)39)44-55(52,53)25-13-9-23(10-14-25)42-36(50)38(3,4)5/h7-16,18-21,31,44H,17H2,1-6H3,(H,42,50)(H,43,47)/t31-/m0/s1. The summed E-state index contributed by atoms with van der Waals surface area (Å²) in [5, 5.41) is 5.28. The van der Waals surface area contributed by atoms with Crippen LogP contribution in [0.3, 0.4) is 0 Å². The van der Waals surface area contributed by atoms with E-state index < -0.39 is 73.6 Å². The Labute approximate surface area is 314 Å². The summed E-state index contributed by atoms with van der Waals surface area (Å²) in [7, 11) is -2.94. The number of ether oxygens (including phenoxy) is 1. The highest BCUT2D eigenvalue weighted by Gasteiger charge is 2.28. The molecule has 3 aromatic carbocycles. The fourth-order valence-corrected chi connectivity index (χ4v) is 6.38. The Bertz CT molecular complexity index is 2530. The van der Waals surface area contributed by atoms with Crippen molar-refractivity contribution in [3.05, 3.63) is 123 Å². The van der Waals surface area contributed by atoms with Gasteiger partial charge in [-0.3, -0.25) is 28.7 Å². The summed E-state index contributed by atoms with van der Waals surface area (Å²) in [5.41, 5.74) is -2.14. The van der Waals surface area contributed by atoms with E-state index in [1.165, 1.54) is 78.6 Å². The van der Waals surface area contributed by atoms with E-state index >= 15 is 8.78 Å². The maximum absolute atomic E-state index is 15.3. The van der Waals surface area contributed by atoms with Gasteiger partial charge >= 0.3 is 11.7 Å². The van der Waals surface area contributed by atoms with Gasteiger partial charge in [-0.15, -0.1) is 0 Å². The van der Waals surface area contributed by atoms with E-state index in [2.05, 4.69) is 15.6 Å². The Morgan fingerprint density at radius 3 is 2.20 bits per heavy atom. The van der Waals surface area contributed by atoms with Crippen LogP contribution in [0.1, 0.15) is 50.5 Å². The average Bonchev–Trinajstić information content (AvgIpc) is 3.12. The van der Waals surface area contributed by atoms with Crippen LogP contribution < -0.4 is 26.6 Å². The van der Waals surface area contributed by atoms with Gasteiger partial charge in [-0.2, -0.15) is 0 Å². The third-order valence-corrected chi connectivity index (χ3v) is 9.68. The maximum atomic E-state index is 15.3. The van der Waals surface area contributed by atoms with Crippen molar-refractivity contribution in [1.29, 1.82) is 0 Å². The van der Waals surface area contributed by atoms with E-state index in [0.717, 1.165) is 4.57 Å². The topological polar surface area (TPSA) is 188 Å². The van der Waals surface area contributed by atoms with Crippen molar-refractivity contribution in [2.45, 2.75) is 58.1 Å². The lowest BCUT2D eigenvalue weighted by atomic mass is 9.95. The normalized spacial score (nSPS) is 12.3. The largest absolute Gasteiger partial charge is 0.461 e. The second-order valence-electron chi connectivity index (χ2n) is 13.9. The number of benzene rings is 3. The molecule has 0 fully saturated rings. The first-order valence-corrected chi connectivity index (χ1v) is 18.3. The highest BCUT2D eigenvalue weighted by Crippen LogP contribution is 2.25. The smallest absolute Gasteiger partial charge is 0.335 e. The number of amides is 2. The molecule has 3 N–H and O–H groups in total. The minimum absolute atomic E-state index is 0.186. The second-order valence-corrected chi connectivity index (χ2v) is 15.6. The highest BCUT2D eigenvalue weighted by atomic mass is 32.2. The maximum Gasteiger partial charge on any atom is 0.335 e. The molecule has 0 spiro atoms. The predicted molar refractivity (Wildman–Crippen MR) is 200 cm³/mol. The Morgan fingerprint density at radius 1 is 0.927 bits per heavy atom. The monoisotopic (exact) mass is 776 g/mol. The van der Waals surface area contributed by atoms with Gasteiger partial charge in [-0.1, -0.05) is 32.9 Å². The van der Waals surface area contributed by atoms with E-state index in [9.17, 15) is 32.4 Å². The van der Waals surface area contributed by atoms with Crippen molar-refractivity contribution in [2.75, 3.05) is 10.0 Å². The molecule has 5 aromatic rings. The van der Waals surface area contributed by atoms with Crippen molar-refractivity contribution >= 4 is 50.1 Å². The van der Waals surface area contributed by atoms with Crippen LogP contribution in [-0.2, 0) is 37.8 Å². The van der Waals surface area contributed by atoms with E-state index in [4.69, 9.17) is 4.74 Å². The molecule has 17 heteroatoms. The van der Waals surface area contributed by atoms with Gasteiger partial charge in [0, 0.05) is 36.8 Å². The molecular formula is C38H38F2N6O8S. The molecule has 2 heterocycles.